The molecule has 1 aromatic carbocycles. The van der Waals surface area contributed by atoms with Gasteiger partial charge in [-0.05, 0) is 16.3 Å². The van der Waals surface area contributed by atoms with E-state index in [1.54, 1.807) is 12.1 Å². The first kappa shape index (κ1) is 11.6. The Balaban J connectivity index is 2.55. The fourth-order valence-electron chi connectivity index (χ4n) is 1.05. The van der Waals surface area contributed by atoms with Crippen LogP contribution in [0.1, 0.15) is 19.4 Å². The van der Waals surface area contributed by atoms with E-state index in [2.05, 4.69) is 13.8 Å². The molecule has 0 aliphatic rings. The Bertz CT molecular complexity index is 272. The Morgan fingerprint density at radius 3 is 2.21 bits per heavy atom. The highest BCUT2D eigenvalue weighted by Crippen LogP contribution is 2.15. The maximum atomic E-state index is 8.88. The maximum absolute atomic E-state index is 8.88. The Kier molecular flexibility index (Phi) is 4.52. The molecule has 2 N–H and O–H groups in total. The Hall–Kier alpha value is -0.445. The van der Waals surface area contributed by atoms with Crippen LogP contribution in [0.25, 0.3) is 0 Å². The van der Waals surface area contributed by atoms with Gasteiger partial charge in [-0.2, -0.15) is 11.8 Å². The van der Waals surface area contributed by atoms with E-state index >= 15 is 0 Å². The zero-order valence-electron chi connectivity index (χ0n) is 8.47. The summed E-state index contributed by atoms with van der Waals surface area (Å²) in [6, 6.07) is 7.37. The summed E-state index contributed by atoms with van der Waals surface area (Å²) >= 11 is 1.87. The Morgan fingerprint density at radius 1 is 1.21 bits per heavy atom. The van der Waals surface area contributed by atoms with Crippen LogP contribution in [0.15, 0.2) is 24.3 Å². The first-order chi connectivity index (χ1) is 6.59. The highest BCUT2D eigenvalue weighted by atomic mass is 32.2. The molecule has 0 amide bonds. The SMILES string of the molecule is CC(C)SCc1ccc(B(O)O)cc1. The smallest absolute Gasteiger partial charge is 0.423 e. The van der Waals surface area contributed by atoms with Crippen LogP contribution in [0.5, 0.6) is 0 Å². The quantitative estimate of drug-likeness (QED) is 0.728. The van der Waals surface area contributed by atoms with Crippen molar-refractivity contribution in [1.82, 2.24) is 0 Å². The molecule has 1 aromatic rings. The molecular weight excluding hydrogens is 195 g/mol. The monoisotopic (exact) mass is 210 g/mol. The van der Waals surface area contributed by atoms with E-state index in [-0.39, 0.29) is 0 Å². The molecular formula is C10H15BO2S. The predicted octanol–water partition coefficient (Wildman–Crippen LogP) is 1.01. The molecule has 0 fully saturated rings. The van der Waals surface area contributed by atoms with Gasteiger partial charge in [0.2, 0.25) is 0 Å². The normalized spacial score (nSPS) is 10.6. The van der Waals surface area contributed by atoms with E-state index < -0.39 is 7.12 Å². The van der Waals surface area contributed by atoms with Gasteiger partial charge in [0.15, 0.2) is 0 Å². The van der Waals surface area contributed by atoms with Crippen molar-refractivity contribution in [2.45, 2.75) is 24.9 Å². The van der Waals surface area contributed by atoms with Gasteiger partial charge in [-0.15, -0.1) is 0 Å². The lowest BCUT2D eigenvalue weighted by atomic mass is 9.80. The van der Waals surface area contributed by atoms with Gasteiger partial charge in [-0.3, -0.25) is 0 Å². The van der Waals surface area contributed by atoms with Crippen molar-refractivity contribution >= 4 is 24.3 Å². The zero-order chi connectivity index (χ0) is 10.6. The van der Waals surface area contributed by atoms with Gasteiger partial charge in [0.25, 0.3) is 0 Å². The fourth-order valence-corrected chi connectivity index (χ4v) is 1.77. The van der Waals surface area contributed by atoms with Gasteiger partial charge in [0.1, 0.15) is 0 Å². The number of rotatable bonds is 4. The van der Waals surface area contributed by atoms with Gasteiger partial charge >= 0.3 is 7.12 Å². The lowest BCUT2D eigenvalue weighted by molar-refractivity contribution is 0.426. The van der Waals surface area contributed by atoms with Crippen molar-refractivity contribution < 1.29 is 10.0 Å². The Morgan fingerprint density at radius 2 is 1.79 bits per heavy atom. The standard InChI is InChI=1S/C10H15BO2S/c1-8(2)14-7-9-3-5-10(6-4-9)11(12)13/h3-6,8,12-13H,7H2,1-2H3. The molecule has 0 aliphatic heterocycles. The molecule has 0 heterocycles. The summed E-state index contributed by atoms with van der Waals surface area (Å²) in [6.45, 7) is 4.33. The number of thioether (sulfide) groups is 1. The minimum absolute atomic E-state index is 0.545. The minimum atomic E-state index is -1.36. The summed E-state index contributed by atoms with van der Waals surface area (Å²) in [6.07, 6.45) is 0. The van der Waals surface area contributed by atoms with Gasteiger partial charge in [0.05, 0.1) is 0 Å². The molecule has 2 nitrogen and oxygen atoms in total. The van der Waals surface area contributed by atoms with Crippen LogP contribution in [0.4, 0.5) is 0 Å². The number of hydrogen-bond acceptors (Lipinski definition) is 3. The molecule has 14 heavy (non-hydrogen) atoms. The largest absolute Gasteiger partial charge is 0.488 e. The molecule has 0 aromatic heterocycles. The maximum Gasteiger partial charge on any atom is 0.488 e. The fraction of sp³-hybridized carbons (Fsp3) is 0.400. The Labute approximate surface area is 89.5 Å². The third-order valence-corrected chi connectivity index (χ3v) is 3.03. The van der Waals surface area contributed by atoms with E-state index in [0.29, 0.717) is 10.7 Å². The summed E-state index contributed by atoms with van der Waals surface area (Å²) in [4.78, 5) is 0. The molecule has 0 spiro atoms. The van der Waals surface area contributed by atoms with Crippen LogP contribution >= 0.6 is 11.8 Å². The highest BCUT2D eigenvalue weighted by Gasteiger charge is 2.09. The average molecular weight is 210 g/mol. The summed E-state index contributed by atoms with van der Waals surface area (Å²) < 4.78 is 0. The topological polar surface area (TPSA) is 40.5 Å². The molecule has 0 unspecified atom stereocenters. The summed E-state index contributed by atoms with van der Waals surface area (Å²) in [5.74, 6) is 0.972. The van der Waals surface area contributed by atoms with Gasteiger partial charge < -0.3 is 10.0 Å². The van der Waals surface area contributed by atoms with Crippen LogP contribution in [0, 0.1) is 0 Å². The average Bonchev–Trinajstić information content (AvgIpc) is 2.15. The second-order valence-corrected chi connectivity index (χ2v) is 5.04. The van der Waals surface area contributed by atoms with Crippen molar-refractivity contribution in [2.24, 2.45) is 0 Å². The summed E-state index contributed by atoms with van der Waals surface area (Å²) in [5, 5.41) is 18.4. The third kappa shape index (κ3) is 3.74. The molecule has 76 valence electrons. The predicted molar refractivity (Wildman–Crippen MR) is 62.7 cm³/mol. The third-order valence-electron chi connectivity index (χ3n) is 1.86. The number of benzene rings is 1. The summed E-state index contributed by atoms with van der Waals surface area (Å²) in [7, 11) is -1.36. The van der Waals surface area contributed by atoms with Gasteiger partial charge in [-0.25, -0.2) is 0 Å². The molecule has 0 saturated heterocycles. The molecule has 0 radical (unpaired) electrons. The van der Waals surface area contributed by atoms with Crippen LogP contribution in [-0.4, -0.2) is 22.4 Å². The van der Waals surface area contributed by atoms with Crippen molar-refractivity contribution in [3.63, 3.8) is 0 Å². The molecule has 0 atom stereocenters. The zero-order valence-corrected chi connectivity index (χ0v) is 9.29. The van der Waals surface area contributed by atoms with Gasteiger partial charge in [-0.1, -0.05) is 38.1 Å². The van der Waals surface area contributed by atoms with E-state index in [1.165, 1.54) is 5.56 Å². The van der Waals surface area contributed by atoms with Crippen molar-refractivity contribution in [1.29, 1.82) is 0 Å². The highest BCUT2D eigenvalue weighted by molar-refractivity contribution is 7.99. The van der Waals surface area contributed by atoms with E-state index in [1.807, 2.05) is 23.9 Å². The minimum Gasteiger partial charge on any atom is -0.423 e. The van der Waals surface area contributed by atoms with Crippen molar-refractivity contribution in [3.8, 4) is 0 Å². The molecule has 4 heteroatoms. The molecule has 0 aliphatic carbocycles. The van der Waals surface area contributed by atoms with Crippen LogP contribution in [0.2, 0.25) is 0 Å². The second-order valence-electron chi connectivity index (χ2n) is 3.48. The molecule has 0 bridgehead atoms. The van der Waals surface area contributed by atoms with Crippen LogP contribution in [-0.2, 0) is 5.75 Å². The first-order valence-electron chi connectivity index (χ1n) is 4.66. The first-order valence-corrected chi connectivity index (χ1v) is 5.71. The van der Waals surface area contributed by atoms with Crippen molar-refractivity contribution in [3.05, 3.63) is 29.8 Å². The lowest BCUT2D eigenvalue weighted by Crippen LogP contribution is -2.29. The number of hydrogen-bond donors (Lipinski definition) is 2. The molecule has 1 rings (SSSR count). The summed E-state index contributed by atoms with van der Waals surface area (Å²) in [5.41, 5.74) is 1.76. The second kappa shape index (κ2) is 5.44. The van der Waals surface area contributed by atoms with Crippen LogP contribution in [0.3, 0.4) is 0 Å². The van der Waals surface area contributed by atoms with Crippen LogP contribution < -0.4 is 5.46 Å². The van der Waals surface area contributed by atoms with E-state index in [0.717, 1.165) is 5.75 Å². The van der Waals surface area contributed by atoms with E-state index in [4.69, 9.17) is 10.0 Å². The van der Waals surface area contributed by atoms with Gasteiger partial charge in [0, 0.05) is 5.75 Å². The van der Waals surface area contributed by atoms with E-state index in [9.17, 15) is 0 Å². The van der Waals surface area contributed by atoms with Crippen molar-refractivity contribution in [2.75, 3.05) is 0 Å². The molecule has 0 saturated carbocycles. The lowest BCUT2D eigenvalue weighted by Gasteiger charge is -2.05.